The zero-order chi connectivity index (χ0) is 7.41. The fourth-order valence-corrected chi connectivity index (χ4v) is 1.86. The van der Waals surface area contributed by atoms with Crippen LogP contribution in [0.15, 0.2) is 0 Å². The van der Waals surface area contributed by atoms with Crippen molar-refractivity contribution in [2.45, 2.75) is 17.9 Å². The second-order valence-electron chi connectivity index (χ2n) is 3.29. The third-order valence-electron chi connectivity index (χ3n) is 2.49. The van der Waals surface area contributed by atoms with Gasteiger partial charge in [-0.05, 0) is 0 Å². The number of rotatable bonds is 0. The Hall–Kier alpha value is -0.220. The number of fused-ring (bicyclic) bond motifs is 1. The lowest BCUT2D eigenvalue weighted by atomic mass is 9.66. The van der Waals surface area contributed by atoms with E-state index < -0.39 is 17.4 Å². The normalized spacial score (nSPS) is 50.1. The highest BCUT2D eigenvalue weighted by atomic mass is 19.3. The van der Waals surface area contributed by atoms with Crippen LogP contribution in [0.25, 0.3) is 0 Å². The van der Waals surface area contributed by atoms with Crippen LogP contribution >= 0.6 is 0 Å². The zero-order valence-corrected chi connectivity index (χ0v) is 5.48. The van der Waals surface area contributed by atoms with E-state index in [2.05, 4.69) is 5.32 Å². The van der Waals surface area contributed by atoms with Gasteiger partial charge in [0.25, 0.3) is 5.92 Å². The maximum absolute atomic E-state index is 12.6. The van der Waals surface area contributed by atoms with Crippen LogP contribution in [-0.4, -0.2) is 24.6 Å². The first kappa shape index (κ1) is 6.49. The van der Waals surface area contributed by atoms with Gasteiger partial charge < -0.3 is 5.73 Å². The Balaban J connectivity index is 2.18. The molecule has 2 nitrogen and oxygen atoms in total. The molecule has 2 atom stereocenters. The summed E-state index contributed by atoms with van der Waals surface area (Å²) in [5.41, 5.74) is 4.96. The van der Waals surface area contributed by atoms with Gasteiger partial charge in [-0.15, -0.1) is 0 Å². The van der Waals surface area contributed by atoms with Gasteiger partial charge in [-0.1, -0.05) is 0 Å². The van der Waals surface area contributed by atoms with E-state index >= 15 is 0 Å². The largest absolute Gasteiger partial charge is 0.323 e. The second kappa shape index (κ2) is 1.51. The predicted molar refractivity (Wildman–Crippen MR) is 31.8 cm³/mol. The molecule has 1 saturated carbocycles. The summed E-state index contributed by atoms with van der Waals surface area (Å²) in [4.78, 5) is 0. The molecule has 1 radical (unpaired) electrons. The van der Waals surface area contributed by atoms with Gasteiger partial charge in [0.1, 0.15) is 0 Å². The zero-order valence-electron chi connectivity index (χ0n) is 5.48. The second-order valence-corrected chi connectivity index (χ2v) is 3.29. The molecule has 1 saturated heterocycles. The molecular formula is C6H9F2N2. The van der Waals surface area contributed by atoms with Crippen LogP contribution in [0.5, 0.6) is 0 Å². The van der Waals surface area contributed by atoms with Gasteiger partial charge in [0, 0.05) is 25.0 Å². The number of nitrogens with zero attached hydrogens (tertiary/aromatic N) is 1. The quantitative estimate of drug-likeness (QED) is 0.513. The Labute approximate surface area is 57.8 Å². The van der Waals surface area contributed by atoms with E-state index in [1.165, 1.54) is 0 Å². The highest BCUT2D eigenvalue weighted by molar-refractivity contribution is 5.16. The molecule has 0 aromatic rings. The van der Waals surface area contributed by atoms with Gasteiger partial charge in [0.05, 0.1) is 5.92 Å². The van der Waals surface area contributed by atoms with E-state index in [-0.39, 0.29) is 13.0 Å². The molecule has 1 heterocycles. The summed E-state index contributed by atoms with van der Waals surface area (Å²) in [6, 6.07) is 0. The molecule has 2 N–H and O–H groups in total. The summed E-state index contributed by atoms with van der Waals surface area (Å²) in [7, 11) is 0. The van der Waals surface area contributed by atoms with Crippen LogP contribution in [0.2, 0.25) is 0 Å². The molecule has 2 rings (SSSR count). The van der Waals surface area contributed by atoms with Crippen LogP contribution < -0.4 is 11.1 Å². The third-order valence-corrected chi connectivity index (χ3v) is 2.49. The molecule has 0 aromatic heterocycles. The molecule has 2 aliphatic rings. The molecule has 0 spiro atoms. The number of hydrogen-bond acceptors (Lipinski definition) is 1. The maximum atomic E-state index is 12.6. The van der Waals surface area contributed by atoms with E-state index in [9.17, 15) is 8.78 Å². The van der Waals surface area contributed by atoms with E-state index in [0.717, 1.165) is 0 Å². The Kier molecular flexibility index (Phi) is 0.978. The molecule has 57 valence electrons. The molecular weight excluding hydrogens is 138 g/mol. The average molecular weight is 147 g/mol. The lowest BCUT2D eigenvalue weighted by Gasteiger charge is -2.47. The number of alkyl halides is 2. The molecule has 1 aliphatic heterocycles. The van der Waals surface area contributed by atoms with E-state index in [1.54, 1.807) is 0 Å². The monoisotopic (exact) mass is 147 g/mol. The van der Waals surface area contributed by atoms with Crippen molar-refractivity contribution in [3.05, 3.63) is 0 Å². The standard InChI is InChI=1S/C6H9F2N2/c7-6(8)2-5(9)3-10-1-4(5)6/h4H,1-3,9H2/t4-,5+/m0/s1. The van der Waals surface area contributed by atoms with E-state index in [0.29, 0.717) is 6.54 Å². The first-order valence-corrected chi connectivity index (χ1v) is 3.35. The van der Waals surface area contributed by atoms with Crippen LogP contribution in [0.1, 0.15) is 6.42 Å². The molecule has 1 aliphatic carbocycles. The van der Waals surface area contributed by atoms with E-state index in [4.69, 9.17) is 5.73 Å². The van der Waals surface area contributed by atoms with Gasteiger partial charge in [0.15, 0.2) is 0 Å². The first-order chi connectivity index (χ1) is 4.55. The van der Waals surface area contributed by atoms with Gasteiger partial charge in [-0.3, -0.25) is 0 Å². The van der Waals surface area contributed by atoms with Gasteiger partial charge >= 0.3 is 0 Å². The van der Waals surface area contributed by atoms with Crippen molar-refractivity contribution in [1.29, 1.82) is 0 Å². The molecule has 10 heavy (non-hydrogen) atoms. The van der Waals surface area contributed by atoms with Crippen molar-refractivity contribution < 1.29 is 8.78 Å². The van der Waals surface area contributed by atoms with Crippen molar-refractivity contribution in [2.75, 3.05) is 13.1 Å². The minimum atomic E-state index is -2.53. The summed E-state index contributed by atoms with van der Waals surface area (Å²) >= 11 is 0. The topological polar surface area (TPSA) is 40.1 Å². The first-order valence-electron chi connectivity index (χ1n) is 3.35. The molecule has 0 aromatic carbocycles. The third kappa shape index (κ3) is 0.582. The molecule has 0 bridgehead atoms. The summed E-state index contributed by atoms with van der Waals surface area (Å²) in [5, 5.41) is 3.87. The Morgan fingerprint density at radius 2 is 2.20 bits per heavy atom. The summed E-state index contributed by atoms with van der Waals surface area (Å²) in [5.74, 6) is -3.20. The molecule has 0 unspecified atom stereocenters. The fraction of sp³-hybridized carbons (Fsp3) is 1.00. The van der Waals surface area contributed by atoms with Gasteiger partial charge in [0.2, 0.25) is 0 Å². The summed E-state index contributed by atoms with van der Waals surface area (Å²) in [6.45, 7) is 0.677. The minimum absolute atomic E-state index is 0.172. The van der Waals surface area contributed by atoms with Crippen LogP contribution in [-0.2, 0) is 0 Å². The minimum Gasteiger partial charge on any atom is -0.323 e. The smallest absolute Gasteiger partial charge is 0.255 e. The van der Waals surface area contributed by atoms with Crippen molar-refractivity contribution in [1.82, 2.24) is 5.32 Å². The summed E-state index contributed by atoms with van der Waals surface area (Å²) in [6.07, 6.45) is -0.172. The van der Waals surface area contributed by atoms with Crippen molar-refractivity contribution in [3.8, 4) is 0 Å². The van der Waals surface area contributed by atoms with Gasteiger partial charge in [-0.2, -0.15) is 0 Å². The lowest BCUT2D eigenvalue weighted by molar-refractivity contribution is -0.163. The Bertz CT molecular complexity index is 171. The number of halogens is 2. The highest BCUT2D eigenvalue weighted by Crippen LogP contribution is 2.51. The average Bonchev–Trinajstić information content (AvgIpc) is 2.06. The van der Waals surface area contributed by atoms with Crippen LogP contribution in [0, 0.1) is 5.92 Å². The van der Waals surface area contributed by atoms with E-state index in [1.807, 2.05) is 0 Å². The molecule has 2 fully saturated rings. The Morgan fingerprint density at radius 3 is 2.60 bits per heavy atom. The molecule has 0 amide bonds. The highest BCUT2D eigenvalue weighted by Gasteiger charge is 2.66. The number of hydrogen-bond donors (Lipinski definition) is 1. The molecule has 4 heteroatoms. The maximum Gasteiger partial charge on any atom is 0.255 e. The SMILES string of the molecule is N[C@]12C[N]C[C@@H]1C(F)(F)C2. The van der Waals surface area contributed by atoms with Crippen molar-refractivity contribution >= 4 is 0 Å². The van der Waals surface area contributed by atoms with Crippen molar-refractivity contribution in [3.63, 3.8) is 0 Å². The van der Waals surface area contributed by atoms with Crippen LogP contribution in [0.4, 0.5) is 8.78 Å². The fourth-order valence-electron chi connectivity index (χ4n) is 1.86. The lowest BCUT2D eigenvalue weighted by Crippen LogP contribution is -2.66. The Morgan fingerprint density at radius 1 is 1.50 bits per heavy atom. The van der Waals surface area contributed by atoms with Crippen molar-refractivity contribution in [2.24, 2.45) is 11.7 Å². The van der Waals surface area contributed by atoms with Gasteiger partial charge in [-0.25, -0.2) is 14.1 Å². The predicted octanol–water partition coefficient (Wildman–Crippen LogP) is -0.0429. The summed E-state index contributed by atoms with van der Waals surface area (Å²) < 4.78 is 25.2. The van der Waals surface area contributed by atoms with Crippen LogP contribution in [0.3, 0.4) is 0 Å². The number of nitrogens with two attached hydrogens (primary N) is 1.